The van der Waals surface area contributed by atoms with E-state index in [-0.39, 0.29) is 0 Å². The zero-order valence-corrected chi connectivity index (χ0v) is 39.1. The first-order valence-corrected chi connectivity index (χ1v) is 23.2. The Hall–Kier alpha value is -7.16. The molecule has 11 aromatic rings. The summed E-state index contributed by atoms with van der Waals surface area (Å²) in [5.74, 6) is 0. The fourth-order valence-corrected chi connectivity index (χ4v) is 11.0. The smallest absolute Gasteiger partial charge is 0.143 e. The molecule has 0 amide bonds. The van der Waals surface area contributed by atoms with Crippen molar-refractivity contribution in [3.05, 3.63) is 176 Å². The summed E-state index contributed by atoms with van der Waals surface area (Å²) < 4.78 is 6.63. The number of fused-ring (bicyclic) bond motifs is 6. The molecule has 11 rings (SSSR count). The van der Waals surface area contributed by atoms with E-state index in [1.54, 1.807) is 0 Å². The summed E-state index contributed by atoms with van der Waals surface area (Å²) in [6.07, 6.45) is 0. The third-order valence-electron chi connectivity index (χ3n) is 14.8. The quantitative estimate of drug-likeness (QED) is 0.229. The monoisotopic (exact) mass is 835 g/mol. The summed E-state index contributed by atoms with van der Waals surface area (Å²) >= 11 is 0. The van der Waals surface area contributed by atoms with Crippen LogP contribution in [-0.4, -0.2) is 62.8 Å². The molecule has 0 aliphatic carbocycles. The summed E-state index contributed by atoms with van der Waals surface area (Å²) in [5, 5.41) is 7.15. The van der Waals surface area contributed by atoms with Gasteiger partial charge in [-0.3, -0.25) is 0 Å². The molecule has 0 radical (unpaired) electrons. The standard InChI is InChI=1S/C56H45B8NO/c57-46-43(35-22-20-31(21-23-35)30-10-2-1-3-11-30)47(58)51(62)54(50(46)61)65(55-52(63)48(59)45(49(60)53(55)64)40-18-8-14-32-12-4-6-15-37(32)40)36-27-24-34(25-28-36)38-17-9-19-42-44(38)41-29-26-33-13-5-7-16-39(33)56(41)66-42/h1-29H,57-64H2. The van der Waals surface area contributed by atoms with Gasteiger partial charge in [0.2, 0.25) is 0 Å². The molecule has 10 heteroatoms. The molecule has 0 N–H and O–H groups in total. The molecule has 0 unspecified atom stereocenters. The van der Waals surface area contributed by atoms with Crippen molar-refractivity contribution in [3.8, 4) is 44.5 Å². The van der Waals surface area contributed by atoms with Gasteiger partial charge in [-0.25, -0.2) is 0 Å². The molecular formula is C56H45B8NO. The Balaban J connectivity index is 1.11. The molecule has 66 heavy (non-hydrogen) atoms. The van der Waals surface area contributed by atoms with Gasteiger partial charge in [0.15, 0.2) is 0 Å². The Kier molecular flexibility index (Phi) is 10.3. The highest BCUT2D eigenvalue weighted by atomic mass is 16.3. The van der Waals surface area contributed by atoms with Crippen molar-refractivity contribution in [1.29, 1.82) is 0 Å². The predicted octanol–water partition coefficient (Wildman–Crippen LogP) is 2.10. The van der Waals surface area contributed by atoms with Crippen LogP contribution in [0.25, 0.3) is 88.0 Å². The van der Waals surface area contributed by atoms with Crippen molar-refractivity contribution in [2.75, 3.05) is 4.90 Å². The zero-order valence-electron chi connectivity index (χ0n) is 39.1. The molecule has 10 aromatic carbocycles. The van der Waals surface area contributed by atoms with E-state index >= 15 is 0 Å². The maximum atomic E-state index is 6.63. The largest absolute Gasteiger partial charge is 0.455 e. The number of anilines is 3. The molecule has 1 heterocycles. The average molecular weight is 834 g/mol. The number of furan rings is 1. The number of hydrogen-bond acceptors (Lipinski definition) is 2. The van der Waals surface area contributed by atoms with E-state index in [0.717, 1.165) is 38.6 Å². The summed E-state index contributed by atoms with van der Waals surface area (Å²) in [5.41, 5.74) is 25.7. The fourth-order valence-electron chi connectivity index (χ4n) is 11.0. The van der Waals surface area contributed by atoms with Gasteiger partial charge in [0.25, 0.3) is 0 Å². The average Bonchev–Trinajstić information content (AvgIpc) is 3.75. The molecule has 0 fully saturated rings. The van der Waals surface area contributed by atoms with Crippen LogP contribution in [0.1, 0.15) is 0 Å². The number of rotatable bonds is 7. The van der Waals surface area contributed by atoms with Gasteiger partial charge in [-0.15, -0.1) is 0 Å². The lowest BCUT2D eigenvalue weighted by Crippen LogP contribution is -2.50. The molecule has 2 nitrogen and oxygen atoms in total. The van der Waals surface area contributed by atoms with E-state index in [9.17, 15) is 0 Å². The molecule has 0 bridgehead atoms. The van der Waals surface area contributed by atoms with Gasteiger partial charge < -0.3 is 9.32 Å². The van der Waals surface area contributed by atoms with Crippen LogP contribution in [0.3, 0.4) is 0 Å². The van der Waals surface area contributed by atoms with Gasteiger partial charge in [0.1, 0.15) is 73.9 Å². The Morgan fingerprint density at radius 1 is 0.318 bits per heavy atom. The second-order valence-electron chi connectivity index (χ2n) is 18.2. The summed E-state index contributed by atoms with van der Waals surface area (Å²) in [6.45, 7) is 0. The fraction of sp³-hybridized carbons (Fsp3) is 0. The van der Waals surface area contributed by atoms with Crippen LogP contribution in [0.2, 0.25) is 0 Å². The third kappa shape index (κ3) is 6.60. The minimum atomic E-state index is 0.903. The van der Waals surface area contributed by atoms with Crippen molar-refractivity contribution in [3.63, 3.8) is 0 Å². The summed E-state index contributed by atoms with van der Waals surface area (Å²) in [4.78, 5) is 2.58. The van der Waals surface area contributed by atoms with Crippen molar-refractivity contribution >= 4 is 167 Å². The van der Waals surface area contributed by atoms with Crippen LogP contribution in [0.5, 0.6) is 0 Å². The molecule has 0 aliphatic heterocycles. The maximum Gasteiger partial charge on any atom is 0.143 e. The van der Waals surface area contributed by atoms with Crippen LogP contribution in [0.15, 0.2) is 180 Å². The van der Waals surface area contributed by atoms with Gasteiger partial charge >= 0.3 is 0 Å². The van der Waals surface area contributed by atoms with E-state index in [0.29, 0.717) is 0 Å². The second kappa shape index (κ2) is 16.4. The Morgan fingerprint density at radius 3 is 1.45 bits per heavy atom. The van der Waals surface area contributed by atoms with Crippen molar-refractivity contribution in [1.82, 2.24) is 0 Å². The van der Waals surface area contributed by atoms with Crippen molar-refractivity contribution < 1.29 is 4.42 Å². The summed E-state index contributed by atoms with van der Waals surface area (Å²) in [6, 6.07) is 63.9. The normalized spacial score (nSPS) is 11.5. The van der Waals surface area contributed by atoms with Gasteiger partial charge in [-0.2, -0.15) is 0 Å². The van der Waals surface area contributed by atoms with E-state index in [4.69, 9.17) is 4.42 Å². The van der Waals surface area contributed by atoms with Gasteiger partial charge in [-0.05, 0) is 84.9 Å². The van der Waals surface area contributed by atoms with E-state index < -0.39 is 0 Å². The molecule has 0 saturated heterocycles. The third-order valence-corrected chi connectivity index (χ3v) is 14.8. The van der Waals surface area contributed by atoms with Crippen LogP contribution in [-0.2, 0) is 0 Å². The summed E-state index contributed by atoms with van der Waals surface area (Å²) in [7, 11) is 18.6. The van der Waals surface area contributed by atoms with E-state index in [1.807, 2.05) is 0 Å². The first-order chi connectivity index (χ1) is 32.1. The Labute approximate surface area is 394 Å². The van der Waals surface area contributed by atoms with E-state index in [2.05, 4.69) is 244 Å². The maximum absolute atomic E-state index is 6.63. The topological polar surface area (TPSA) is 16.4 Å². The molecule has 0 saturated carbocycles. The van der Waals surface area contributed by atoms with E-state index in [1.165, 1.54) is 110 Å². The first kappa shape index (κ1) is 41.5. The molecule has 0 aliphatic rings. The first-order valence-electron chi connectivity index (χ1n) is 23.2. The molecule has 1 aromatic heterocycles. The van der Waals surface area contributed by atoms with Gasteiger partial charge in [0, 0.05) is 33.2 Å². The van der Waals surface area contributed by atoms with Crippen LogP contribution < -0.4 is 48.6 Å². The minimum absolute atomic E-state index is 0.903. The lowest BCUT2D eigenvalue weighted by Gasteiger charge is -2.36. The van der Waals surface area contributed by atoms with Crippen molar-refractivity contribution in [2.45, 2.75) is 0 Å². The highest BCUT2D eigenvalue weighted by Gasteiger charge is 2.27. The molecule has 304 valence electrons. The lowest BCUT2D eigenvalue weighted by atomic mass is 9.62. The highest BCUT2D eigenvalue weighted by Crippen LogP contribution is 2.41. The Morgan fingerprint density at radius 2 is 0.803 bits per heavy atom. The molecule has 0 atom stereocenters. The lowest BCUT2D eigenvalue weighted by molar-refractivity contribution is 0.673. The predicted molar refractivity (Wildman–Crippen MR) is 311 cm³/mol. The number of hydrogen-bond donors (Lipinski definition) is 0. The minimum Gasteiger partial charge on any atom is -0.455 e. The highest BCUT2D eigenvalue weighted by molar-refractivity contribution is 6.65. The van der Waals surface area contributed by atoms with Crippen LogP contribution in [0, 0.1) is 0 Å². The molecular weight excluding hydrogens is 789 g/mol. The van der Waals surface area contributed by atoms with Gasteiger partial charge in [-0.1, -0.05) is 195 Å². The van der Waals surface area contributed by atoms with Crippen LogP contribution >= 0.6 is 0 Å². The van der Waals surface area contributed by atoms with Gasteiger partial charge in [0.05, 0.1) is 0 Å². The second-order valence-corrected chi connectivity index (χ2v) is 18.2. The number of nitrogens with zero attached hydrogens (tertiary/aromatic N) is 1. The van der Waals surface area contributed by atoms with Crippen LogP contribution in [0.4, 0.5) is 17.1 Å². The zero-order chi connectivity index (χ0) is 45.4. The SMILES string of the molecule is Bc1c(B)c(N(c2ccc(-c3cccc4oc5c6ccccc6ccc5c34)cc2)c2c(B)c(B)c(-c3cccc4ccccc34)c(B)c2B)c(B)c(B)c1-c1ccc(-c2ccccc2)cc1. The van der Waals surface area contributed by atoms with Crippen molar-refractivity contribution in [2.24, 2.45) is 0 Å². The number of benzene rings is 10. The molecule has 0 spiro atoms. The Bertz CT molecular complexity index is 3670.